The van der Waals surface area contributed by atoms with Crippen molar-refractivity contribution in [2.24, 2.45) is 16.7 Å². The summed E-state index contributed by atoms with van der Waals surface area (Å²) in [7, 11) is 0. The lowest BCUT2D eigenvalue weighted by molar-refractivity contribution is -0.296. The highest BCUT2D eigenvalue weighted by Crippen LogP contribution is 2.69. The number of nitrogens with zero attached hydrogens (tertiary/aromatic N) is 3. The summed E-state index contributed by atoms with van der Waals surface area (Å²) in [5.41, 5.74) is -3.21. The molecule has 1 aromatic carbocycles. The van der Waals surface area contributed by atoms with Crippen molar-refractivity contribution in [2.75, 3.05) is 0 Å². The average molecular weight is 386 g/mol. The minimum atomic E-state index is -2.02. The van der Waals surface area contributed by atoms with Crippen LogP contribution < -0.4 is 0 Å². The van der Waals surface area contributed by atoms with Crippen molar-refractivity contribution in [2.45, 2.75) is 32.2 Å². The summed E-state index contributed by atoms with van der Waals surface area (Å²) in [5.74, 6) is -1.82. The first-order valence-corrected chi connectivity index (χ1v) is 9.27. The number of hydrogen-bond acceptors (Lipinski definition) is 7. The molecule has 0 aliphatic carbocycles. The third-order valence-corrected chi connectivity index (χ3v) is 6.03. The predicted molar refractivity (Wildman–Crippen MR) is 99.7 cm³/mol. The van der Waals surface area contributed by atoms with Crippen molar-refractivity contribution < 1.29 is 13.9 Å². The van der Waals surface area contributed by atoms with Crippen LogP contribution in [0.3, 0.4) is 0 Å². The van der Waals surface area contributed by atoms with E-state index in [2.05, 4.69) is 6.07 Å². The Balaban J connectivity index is 2.07. The van der Waals surface area contributed by atoms with Gasteiger partial charge in [-0.1, -0.05) is 37.3 Å². The van der Waals surface area contributed by atoms with Crippen LogP contribution in [-0.2, 0) is 15.3 Å². The van der Waals surface area contributed by atoms with Gasteiger partial charge < -0.3 is 13.9 Å². The van der Waals surface area contributed by atoms with Gasteiger partial charge in [-0.05, 0) is 25.5 Å². The van der Waals surface area contributed by atoms with Crippen LogP contribution in [0.4, 0.5) is 0 Å². The van der Waals surface area contributed by atoms with Gasteiger partial charge in [0.15, 0.2) is 11.5 Å². The molecule has 2 aromatic rings. The average Bonchev–Trinajstić information content (AvgIpc) is 3.26. The number of benzene rings is 1. The van der Waals surface area contributed by atoms with Crippen molar-refractivity contribution >= 4 is 5.90 Å². The molecular weight excluding hydrogens is 368 g/mol. The van der Waals surface area contributed by atoms with Crippen molar-refractivity contribution in [3.05, 3.63) is 59.5 Å². The molecule has 4 atom stereocenters. The number of nitriles is 3. The molecule has 7 heteroatoms. The second kappa shape index (κ2) is 6.21. The number of ether oxygens (including phenoxy) is 2. The summed E-state index contributed by atoms with van der Waals surface area (Å²) in [4.78, 5) is 0. The summed E-state index contributed by atoms with van der Waals surface area (Å²) in [6.07, 6.45) is -0.850. The molecule has 3 heterocycles. The highest BCUT2D eigenvalue weighted by atomic mass is 16.7. The largest absolute Gasteiger partial charge is 0.464 e. The zero-order valence-corrected chi connectivity index (χ0v) is 16.0. The van der Waals surface area contributed by atoms with Crippen molar-refractivity contribution in [3.8, 4) is 18.2 Å². The van der Waals surface area contributed by atoms with Gasteiger partial charge in [0.1, 0.15) is 11.5 Å². The number of aryl methyl sites for hydroxylation is 1. The Labute approximate surface area is 168 Å². The van der Waals surface area contributed by atoms with Crippen LogP contribution in [0.1, 0.15) is 36.5 Å². The van der Waals surface area contributed by atoms with Crippen LogP contribution in [0.15, 0.2) is 46.9 Å². The summed E-state index contributed by atoms with van der Waals surface area (Å²) >= 11 is 0. The van der Waals surface area contributed by atoms with E-state index < -0.39 is 34.5 Å². The van der Waals surface area contributed by atoms with E-state index >= 15 is 0 Å². The molecular formula is C22H18N4O3. The lowest BCUT2D eigenvalue weighted by Crippen LogP contribution is -2.58. The number of nitrogens with one attached hydrogen (secondary N) is 1. The summed E-state index contributed by atoms with van der Waals surface area (Å²) in [6.45, 7) is 3.57. The summed E-state index contributed by atoms with van der Waals surface area (Å²) < 4.78 is 18.1. The van der Waals surface area contributed by atoms with Crippen LogP contribution >= 0.6 is 0 Å². The van der Waals surface area contributed by atoms with E-state index in [9.17, 15) is 15.8 Å². The van der Waals surface area contributed by atoms with Crippen molar-refractivity contribution in [1.82, 2.24) is 0 Å². The Kier molecular flexibility index (Phi) is 4.01. The van der Waals surface area contributed by atoms with Crippen LogP contribution in [0.5, 0.6) is 0 Å². The van der Waals surface area contributed by atoms with Crippen molar-refractivity contribution in [3.63, 3.8) is 0 Å². The number of fused-ring (bicyclic) bond motifs is 2. The SMILES string of the molecule is CCC1C2(c3ccccc3)OC(=N)C1(C#N)C(C#N)(C#N)C(c1ccc(C)o1)O2. The van der Waals surface area contributed by atoms with Gasteiger partial charge >= 0.3 is 0 Å². The van der Waals surface area contributed by atoms with E-state index in [0.29, 0.717) is 17.7 Å². The van der Waals surface area contributed by atoms with E-state index in [1.54, 1.807) is 31.2 Å². The second-order valence-electron chi connectivity index (χ2n) is 7.32. The normalized spacial score (nSPS) is 31.9. The standard InChI is InChI=1S/C22H18N4O3/c1-3-17-21(13-25)19(26)29-22(17,15-7-5-4-6-8-15)28-18(20(21,11-23)12-24)16-10-9-14(2)27-16/h4-10,17-18,26H,3H2,1-2H3. The van der Waals surface area contributed by atoms with Gasteiger partial charge in [0.2, 0.25) is 17.1 Å². The molecule has 2 fully saturated rings. The van der Waals surface area contributed by atoms with E-state index in [1.807, 2.05) is 37.3 Å². The molecule has 0 saturated carbocycles. The fourth-order valence-corrected chi connectivity index (χ4v) is 4.75. The molecule has 2 bridgehead atoms. The molecule has 0 radical (unpaired) electrons. The Morgan fingerprint density at radius 3 is 2.24 bits per heavy atom. The van der Waals surface area contributed by atoms with Crippen LogP contribution in [-0.4, -0.2) is 5.90 Å². The van der Waals surface area contributed by atoms with Crippen molar-refractivity contribution in [1.29, 1.82) is 21.2 Å². The molecule has 29 heavy (non-hydrogen) atoms. The molecule has 2 aliphatic heterocycles. The van der Waals surface area contributed by atoms with E-state index in [1.165, 1.54) is 0 Å². The van der Waals surface area contributed by atoms with Gasteiger partial charge in [0.25, 0.3) is 0 Å². The highest BCUT2D eigenvalue weighted by molar-refractivity contribution is 5.89. The van der Waals surface area contributed by atoms with E-state index in [-0.39, 0.29) is 5.76 Å². The topological polar surface area (TPSA) is 127 Å². The van der Waals surface area contributed by atoms with Gasteiger partial charge in [-0.2, -0.15) is 15.8 Å². The Morgan fingerprint density at radius 2 is 1.72 bits per heavy atom. The maximum absolute atomic E-state index is 10.3. The summed E-state index contributed by atoms with van der Waals surface area (Å²) in [6, 6.07) is 18.5. The third kappa shape index (κ3) is 2.04. The maximum atomic E-state index is 10.3. The van der Waals surface area contributed by atoms with Gasteiger partial charge in [-0.15, -0.1) is 0 Å². The number of hydrogen-bond donors (Lipinski definition) is 1. The highest BCUT2D eigenvalue weighted by Gasteiger charge is 2.80. The van der Waals surface area contributed by atoms with Crippen LogP contribution in [0.25, 0.3) is 0 Å². The lowest BCUT2D eigenvalue weighted by Gasteiger charge is -2.48. The molecule has 2 saturated heterocycles. The van der Waals surface area contributed by atoms with Gasteiger partial charge in [0.05, 0.1) is 24.1 Å². The monoisotopic (exact) mass is 386 g/mol. The van der Waals surface area contributed by atoms with Crippen LogP contribution in [0, 0.1) is 63.1 Å². The Bertz CT molecular complexity index is 1090. The van der Waals surface area contributed by atoms with Gasteiger partial charge in [-0.3, -0.25) is 5.41 Å². The smallest absolute Gasteiger partial charge is 0.244 e. The molecule has 7 nitrogen and oxygen atoms in total. The first-order chi connectivity index (χ1) is 14.0. The first-order valence-electron chi connectivity index (χ1n) is 9.27. The molecule has 4 rings (SSSR count). The molecule has 0 spiro atoms. The maximum Gasteiger partial charge on any atom is 0.244 e. The number of furan rings is 1. The van der Waals surface area contributed by atoms with Gasteiger partial charge in [-0.25, -0.2) is 0 Å². The lowest BCUT2D eigenvalue weighted by atomic mass is 9.53. The van der Waals surface area contributed by atoms with Crippen LogP contribution in [0.2, 0.25) is 0 Å². The number of rotatable bonds is 3. The minimum Gasteiger partial charge on any atom is -0.464 e. The predicted octanol–water partition coefficient (Wildman–Crippen LogP) is 4.09. The summed E-state index contributed by atoms with van der Waals surface area (Å²) in [5, 5.41) is 39.3. The fraction of sp³-hybridized carbons (Fsp3) is 0.364. The molecule has 1 N–H and O–H groups in total. The third-order valence-electron chi connectivity index (χ3n) is 6.03. The minimum absolute atomic E-state index is 0.249. The fourth-order valence-electron chi connectivity index (χ4n) is 4.75. The molecule has 144 valence electrons. The zero-order chi connectivity index (χ0) is 20.9. The molecule has 1 aromatic heterocycles. The quantitative estimate of drug-likeness (QED) is 0.846. The molecule has 4 unspecified atom stereocenters. The van der Waals surface area contributed by atoms with E-state index in [0.717, 1.165) is 0 Å². The first kappa shape index (κ1) is 18.7. The molecule has 0 amide bonds. The molecule has 2 aliphatic rings. The van der Waals surface area contributed by atoms with E-state index in [4.69, 9.17) is 19.3 Å². The Morgan fingerprint density at radius 1 is 1.03 bits per heavy atom. The zero-order valence-electron chi connectivity index (χ0n) is 16.0. The Hall–Kier alpha value is -3.60. The van der Waals surface area contributed by atoms with Gasteiger partial charge in [0, 0.05) is 5.56 Å². The second-order valence-corrected chi connectivity index (χ2v) is 7.32.